The quantitative estimate of drug-likeness (QED) is 0.0934. The lowest BCUT2D eigenvalue weighted by Crippen LogP contribution is -2.27. The molecule has 0 saturated heterocycles. The molecule has 3 N–H and O–H groups in total. The molecule has 0 radical (unpaired) electrons. The first-order chi connectivity index (χ1) is 21.3. The van der Waals surface area contributed by atoms with E-state index in [0.717, 1.165) is 65.6 Å². The maximum atomic E-state index is 13.2. The summed E-state index contributed by atoms with van der Waals surface area (Å²) in [5, 5.41) is 7.65. The Balaban J connectivity index is 0.00000232. The summed E-state index contributed by atoms with van der Waals surface area (Å²) in [6, 6.07) is 11.9. The number of halogens is 1. The Morgan fingerprint density at radius 2 is 1.73 bits per heavy atom. The van der Waals surface area contributed by atoms with Gasteiger partial charge in [-0.15, -0.1) is 9.24 Å². The molecule has 0 aliphatic heterocycles. The van der Waals surface area contributed by atoms with Crippen molar-refractivity contribution in [2.45, 2.75) is 93.4 Å². The second-order valence-corrected chi connectivity index (χ2v) is 10.9. The molecule has 1 unspecified atom stereocenters. The summed E-state index contributed by atoms with van der Waals surface area (Å²) in [6.45, 7) is 14.8. The van der Waals surface area contributed by atoms with E-state index in [0.29, 0.717) is 30.2 Å². The number of anilines is 1. The van der Waals surface area contributed by atoms with Crippen molar-refractivity contribution in [3.8, 4) is 0 Å². The molecule has 3 aromatic rings. The third-order valence-corrected chi connectivity index (χ3v) is 7.42. The number of hydrogen-bond donors (Lipinski definition) is 3. The van der Waals surface area contributed by atoms with Gasteiger partial charge in [0.05, 0.1) is 6.20 Å². The van der Waals surface area contributed by atoms with E-state index in [1.165, 1.54) is 5.56 Å². The molecule has 2 amide bonds. The average Bonchev–Trinajstić information content (AvgIpc) is 3.49. The topological polar surface area (TPSA) is 86.9 Å². The molecule has 0 fully saturated rings. The molecule has 2 aromatic carbocycles. The number of benzene rings is 2. The fourth-order valence-electron chi connectivity index (χ4n) is 4.17. The van der Waals surface area contributed by atoms with E-state index in [-0.39, 0.29) is 11.8 Å². The zero-order chi connectivity index (χ0) is 32.9. The van der Waals surface area contributed by atoms with Crippen molar-refractivity contribution in [3.63, 3.8) is 0 Å². The fraction of sp³-hybridized carbons (Fsp3) is 0.417. The van der Waals surface area contributed by atoms with Crippen molar-refractivity contribution in [1.82, 2.24) is 15.3 Å². The number of aromatic amines is 1. The molecule has 6 nitrogen and oxygen atoms in total. The zero-order valence-corrected chi connectivity index (χ0v) is 29.6. The highest BCUT2D eigenvalue weighted by Crippen LogP contribution is 2.22. The lowest BCUT2D eigenvalue weighted by Gasteiger charge is -2.13. The van der Waals surface area contributed by atoms with Crippen molar-refractivity contribution >= 4 is 55.4 Å². The third-order valence-electron chi connectivity index (χ3n) is 6.57. The van der Waals surface area contributed by atoms with Gasteiger partial charge in [0.15, 0.2) is 0 Å². The third kappa shape index (κ3) is 13.6. The lowest BCUT2D eigenvalue weighted by atomic mass is 9.97. The number of imidazole rings is 1. The smallest absolute Gasteiger partial charge is 0.251 e. The van der Waals surface area contributed by atoms with Crippen molar-refractivity contribution in [2.24, 2.45) is 0 Å². The Hall–Kier alpha value is -3.21. The molecule has 0 spiro atoms. The van der Waals surface area contributed by atoms with Gasteiger partial charge in [-0.1, -0.05) is 90.3 Å². The number of carbonyl (C=O) groups is 2. The number of amides is 2. The highest BCUT2D eigenvalue weighted by molar-refractivity contribution is 7.27. The number of unbranched alkanes of at least 4 members (excludes halogenated alkanes) is 2. The zero-order valence-electron chi connectivity index (χ0n) is 27.6. The van der Waals surface area contributed by atoms with Crippen LogP contribution in [0.2, 0.25) is 5.02 Å². The van der Waals surface area contributed by atoms with Crippen LogP contribution in [-0.2, 0) is 11.2 Å². The molecular formula is C36H52ClN4O2P. The normalized spacial score (nSPS) is 10.9. The minimum atomic E-state index is -0.0764. The predicted molar refractivity (Wildman–Crippen MR) is 194 cm³/mol. The maximum Gasteiger partial charge on any atom is 0.251 e. The van der Waals surface area contributed by atoms with Crippen LogP contribution in [0, 0.1) is 6.92 Å². The molecular weight excluding hydrogens is 587 g/mol. The standard InChI is InChI=1S/C32H40ClN4O2P.2C2H6/c1-4-6-10-24(14-17-29-35-21-30(36-29)37-31(38)11-7-5-2)25-19-27(22(3)28(40)20-25)32(39)34-18-8-9-23-12-15-26(33)16-13-23;2*1-2/h10,12-17,19-21H,4-9,11,18,40H2,1-3H3,(H,34,39)(H,35,36)(H,37,38);2*1-2H3/b17-14-,24-10-;;. The fourth-order valence-corrected chi connectivity index (χ4v) is 4.63. The summed E-state index contributed by atoms with van der Waals surface area (Å²) in [5.74, 6) is 1.13. The van der Waals surface area contributed by atoms with Gasteiger partial charge < -0.3 is 15.6 Å². The van der Waals surface area contributed by atoms with Gasteiger partial charge in [0.2, 0.25) is 5.91 Å². The second-order valence-electron chi connectivity index (χ2n) is 9.84. The molecule has 1 aromatic heterocycles. The van der Waals surface area contributed by atoms with Gasteiger partial charge >= 0.3 is 0 Å². The number of H-pyrrole nitrogens is 1. The van der Waals surface area contributed by atoms with Crippen molar-refractivity contribution in [2.75, 3.05) is 11.9 Å². The van der Waals surface area contributed by atoms with Gasteiger partial charge in [-0.25, -0.2) is 4.98 Å². The molecule has 240 valence electrons. The van der Waals surface area contributed by atoms with Crippen LogP contribution in [0.4, 0.5) is 5.82 Å². The number of hydrogen-bond acceptors (Lipinski definition) is 3. The van der Waals surface area contributed by atoms with E-state index >= 15 is 0 Å². The number of aromatic nitrogens is 2. The maximum absolute atomic E-state index is 13.2. The summed E-state index contributed by atoms with van der Waals surface area (Å²) < 4.78 is 0. The molecule has 0 bridgehead atoms. The number of nitrogens with one attached hydrogen (secondary N) is 3. The second kappa shape index (κ2) is 22.3. The summed E-state index contributed by atoms with van der Waals surface area (Å²) in [4.78, 5) is 32.7. The summed E-state index contributed by atoms with van der Waals surface area (Å²) in [7, 11) is 2.76. The Bertz CT molecular complexity index is 1350. The van der Waals surface area contributed by atoms with Gasteiger partial charge in [0, 0.05) is 23.6 Å². The van der Waals surface area contributed by atoms with Crippen LogP contribution in [0.1, 0.15) is 113 Å². The van der Waals surface area contributed by atoms with E-state index in [1.807, 2.05) is 77.1 Å². The van der Waals surface area contributed by atoms with E-state index < -0.39 is 0 Å². The van der Waals surface area contributed by atoms with Crippen LogP contribution in [0.25, 0.3) is 11.6 Å². The number of nitrogens with zero attached hydrogens (tertiary/aromatic N) is 1. The summed E-state index contributed by atoms with van der Waals surface area (Å²) in [6.07, 6.45) is 13.6. The Labute approximate surface area is 272 Å². The minimum absolute atomic E-state index is 0.0204. The predicted octanol–water partition coefficient (Wildman–Crippen LogP) is 9.31. The van der Waals surface area contributed by atoms with Gasteiger partial charge in [-0.05, 0) is 90.5 Å². The molecule has 0 saturated carbocycles. The number of aryl methyl sites for hydroxylation is 1. The number of carbonyl (C=O) groups excluding carboxylic acids is 2. The summed E-state index contributed by atoms with van der Waals surface area (Å²) in [5.41, 5.74) is 4.78. The van der Waals surface area contributed by atoms with Crippen LogP contribution in [-0.4, -0.2) is 28.3 Å². The van der Waals surface area contributed by atoms with Crippen LogP contribution >= 0.6 is 20.8 Å². The van der Waals surface area contributed by atoms with Crippen LogP contribution in [0.3, 0.4) is 0 Å². The van der Waals surface area contributed by atoms with Gasteiger partial charge in [0.25, 0.3) is 5.91 Å². The monoisotopic (exact) mass is 638 g/mol. The molecule has 0 aliphatic carbocycles. The SMILES string of the molecule is CC.CC.CCC/C=C(/C=C\c1ncc(NC(=O)CCCC)[nH]1)c1cc(P)c(C)c(C(=O)NCCCc2ccc(Cl)cc2)c1. The van der Waals surface area contributed by atoms with Crippen molar-refractivity contribution in [3.05, 3.63) is 87.8 Å². The van der Waals surface area contributed by atoms with Gasteiger partial charge in [0.1, 0.15) is 11.6 Å². The first-order valence-electron chi connectivity index (χ1n) is 16.0. The first-order valence-corrected chi connectivity index (χ1v) is 16.9. The van der Waals surface area contributed by atoms with E-state index in [1.54, 1.807) is 6.20 Å². The molecule has 3 rings (SSSR count). The molecule has 1 atom stereocenters. The summed E-state index contributed by atoms with van der Waals surface area (Å²) >= 11 is 5.97. The number of rotatable bonds is 14. The highest BCUT2D eigenvalue weighted by Gasteiger charge is 2.14. The van der Waals surface area contributed by atoms with E-state index in [4.69, 9.17) is 11.6 Å². The van der Waals surface area contributed by atoms with E-state index in [2.05, 4.69) is 55.8 Å². The molecule has 0 aliphatic rings. The van der Waals surface area contributed by atoms with E-state index in [9.17, 15) is 9.59 Å². The Kier molecular flexibility index (Phi) is 19.7. The molecule has 1 heterocycles. The van der Waals surface area contributed by atoms with Crippen LogP contribution < -0.4 is 15.9 Å². The Morgan fingerprint density at radius 1 is 1.02 bits per heavy atom. The molecule has 8 heteroatoms. The highest BCUT2D eigenvalue weighted by atomic mass is 35.5. The largest absolute Gasteiger partial charge is 0.352 e. The average molecular weight is 639 g/mol. The first kappa shape index (κ1) is 38.8. The van der Waals surface area contributed by atoms with Crippen molar-refractivity contribution in [1.29, 1.82) is 0 Å². The van der Waals surface area contributed by atoms with Gasteiger partial charge in [-0.3, -0.25) is 9.59 Å². The van der Waals surface area contributed by atoms with Crippen LogP contribution in [0.5, 0.6) is 0 Å². The minimum Gasteiger partial charge on any atom is -0.352 e. The number of allylic oxidation sites excluding steroid dienone is 3. The van der Waals surface area contributed by atoms with Gasteiger partial charge in [-0.2, -0.15) is 0 Å². The lowest BCUT2D eigenvalue weighted by molar-refractivity contribution is -0.116. The molecule has 44 heavy (non-hydrogen) atoms. The van der Waals surface area contributed by atoms with Crippen LogP contribution in [0.15, 0.2) is 54.7 Å². The van der Waals surface area contributed by atoms with Crippen molar-refractivity contribution < 1.29 is 9.59 Å². The Morgan fingerprint density at radius 3 is 2.39 bits per heavy atom.